The van der Waals surface area contributed by atoms with E-state index in [4.69, 9.17) is 4.74 Å². The van der Waals surface area contributed by atoms with Gasteiger partial charge in [-0.05, 0) is 42.0 Å². The second kappa shape index (κ2) is 11.3. The lowest BCUT2D eigenvalue weighted by molar-refractivity contribution is -0.115. The fourth-order valence-electron chi connectivity index (χ4n) is 2.40. The molecule has 0 aliphatic heterocycles. The molecule has 2 rings (SSSR count). The number of hydrogen-bond acceptors (Lipinski definition) is 4. The van der Waals surface area contributed by atoms with Gasteiger partial charge in [0.15, 0.2) is 0 Å². The molecule has 4 N–H and O–H groups in total. The van der Waals surface area contributed by atoms with Crippen LogP contribution in [0, 0.1) is 0 Å². The maximum Gasteiger partial charge on any atom is 0.315 e. The van der Waals surface area contributed by atoms with Gasteiger partial charge in [0.1, 0.15) is 5.75 Å². The molecule has 0 aliphatic carbocycles. The number of ether oxygens (including phenoxy) is 1. The average molecular weight is 398 g/mol. The quantitative estimate of drug-likeness (QED) is 0.486. The number of urea groups is 1. The van der Waals surface area contributed by atoms with Gasteiger partial charge in [-0.3, -0.25) is 9.59 Å². The van der Waals surface area contributed by atoms with Crippen molar-refractivity contribution in [3.63, 3.8) is 0 Å². The molecule has 154 valence electrons. The van der Waals surface area contributed by atoms with E-state index in [0.717, 1.165) is 11.3 Å². The standard InChI is InChI=1S/C21H26N4O4/c1-3-19(26)25-17-8-6-16(7-9-17)20(27)22-12-13-23-21(28)24-14-15-4-10-18(29-2)11-5-15/h4-11H,3,12-14H2,1-2H3,(H,22,27)(H,25,26)(H2,23,24,28). The summed E-state index contributed by atoms with van der Waals surface area (Å²) in [5, 5.41) is 10.9. The number of benzene rings is 2. The van der Waals surface area contributed by atoms with Crippen LogP contribution in [0.4, 0.5) is 10.5 Å². The van der Waals surface area contributed by atoms with Crippen LogP contribution < -0.4 is 26.0 Å². The van der Waals surface area contributed by atoms with E-state index in [1.54, 1.807) is 38.3 Å². The predicted molar refractivity (Wildman–Crippen MR) is 111 cm³/mol. The predicted octanol–water partition coefficient (Wildman–Crippen LogP) is 2.27. The number of amides is 4. The van der Waals surface area contributed by atoms with Gasteiger partial charge in [-0.1, -0.05) is 19.1 Å². The third kappa shape index (κ3) is 7.53. The first kappa shape index (κ1) is 21.7. The summed E-state index contributed by atoms with van der Waals surface area (Å²) in [5.74, 6) is 0.423. The van der Waals surface area contributed by atoms with Crippen molar-refractivity contribution in [3.8, 4) is 5.75 Å². The summed E-state index contributed by atoms with van der Waals surface area (Å²) in [7, 11) is 1.60. The number of anilines is 1. The SMILES string of the molecule is CCC(=O)Nc1ccc(C(=O)NCCNC(=O)NCc2ccc(OC)cc2)cc1. The van der Waals surface area contributed by atoms with Crippen molar-refractivity contribution < 1.29 is 19.1 Å². The van der Waals surface area contributed by atoms with Crippen LogP contribution in [-0.4, -0.2) is 38.0 Å². The Morgan fingerprint density at radius 3 is 2.14 bits per heavy atom. The van der Waals surface area contributed by atoms with Crippen LogP contribution in [0.2, 0.25) is 0 Å². The Labute approximate surface area is 170 Å². The maximum absolute atomic E-state index is 12.1. The van der Waals surface area contributed by atoms with E-state index in [1.165, 1.54) is 0 Å². The smallest absolute Gasteiger partial charge is 0.315 e. The van der Waals surface area contributed by atoms with Gasteiger partial charge in [-0.2, -0.15) is 0 Å². The second-order valence-electron chi connectivity index (χ2n) is 6.19. The van der Waals surface area contributed by atoms with Crippen LogP contribution in [0.5, 0.6) is 5.75 Å². The first-order valence-electron chi connectivity index (χ1n) is 9.34. The Bertz CT molecular complexity index is 820. The molecule has 2 aromatic carbocycles. The van der Waals surface area contributed by atoms with Crippen molar-refractivity contribution >= 4 is 23.5 Å². The lowest BCUT2D eigenvalue weighted by Gasteiger charge is -2.10. The Morgan fingerprint density at radius 2 is 1.52 bits per heavy atom. The molecule has 0 spiro atoms. The molecule has 8 heteroatoms. The zero-order valence-corrected chi connectivity index (χ0v) is 16.6. The molecule has 0 atom stereocenters. The molecule has 0 aliphatic rings. The van der Waals surface area contributed by atoms with Gasteiger partial charge in [-0.25, -0.2) is 4.79 Å². The summed E-state index contributed by atoms with van der Waals surface area (Å²) in [6.07, 6.45) is 0.392. The van der Waals surface area contributed by atoms with Crippen LogP contribution in [-0.2, 0) is 11.3 Å². The molecule has 0 bridgehead atoms. The minimum atomic E-state index is -0.314. The van der Waals surface area contributed by atoms with Crippen molar-refractivity contribution in [2.24, 2.45) is 0 Å². The van der Waals surface area contributed by atoms with Crippen molar-refractivity contribution in [2.75, 3.05) is 25.5 Å². The monoisotopic (exact) mass is 398 g/mol. The van der Waals surface area contributed by atoms with Crippen LogP contribution in [0.1, 0.15) is 29.3 Å². The molecule has 4 amide bonds. The Kier molecular flexibility index (Phi) is 8.50. The van der Waals surface area contributed by atoms with E-state index in [0.29, 0.717) is 37.3 Å². The van der Waals surface area contributed by atoms with E-state index in [-0.39, 0.29) is 17.8 Å². The van der Waals surface area contributed by atoms with Gasteiger partial charge in [-0.15, -0.1) is 0 Å². The molecule has 0 heterocycles. The zero-order chi connectivity index (χ0) is 21.1. The fourth-order valence-corrected chi connectivity index (χ4v) is 2.40. The summed E-state index contributed by atoms with van der Waals surface area (Å²) < 4.78 is 5.09. The number of carbonyl (C=O) groups is 3. The van der Waals surface area contributed by atoms with E-state index in [1.807, 2.05) is 24.3 Å². The third-order valence-electron chi connectivity index (χ3n) is 4.06. The van der Waals surface area contributed by atoms with Crippen LogP contribution in [0.3, 0.4) is 0 Å². The Balaban J connectivity index is 1.65. The van der Waals surface area contributed by atoms with Gasteiger partial charge in [0, 0.05) is 37.3 Å². The molecule has 8 nitrogen and oxygen atoms in total. The van der Waals surface area contributed by atoms with Crippen LogP contribution in [0.15, 0.2) is 48.5 Å². The highest BCUT2D eigenvalue weighted by Gasteiger charge is 2.06. The highest BCUT2D eigenvalue weighted by Crippen LogP contribution is 2.11. The number of carbonyl (C=O) groups excluding carboxylic acids is 3. The van der Waals surface area contributed by atoms with Gasteiger partial charge >= 0.3 is 6.03 Å². The van der Waals surface area contributed by atoms with Gasteiger partial charge < -0.3 is 26.0 Å². The van der Waals surface area contributed by atoms with E-state index < -0.39 is 0 Å². The summed E-state index contributed by atoms with van der Waals surface area (Å²) in [6.45, 7) is 2.75. The van der Waals surface area contributed by atoms with Crippen LogP contribution in [0.25, 0.3) is 0 Å². The minimum absolute atomic E-state index is 0.0847. The zero-order valence-electron chi connectivity index (χ0n) is 16.6. The lowest BCUT2D eigenvalue weighted by Crippen LogP contribution is -2.40. The topological polar surface area (TPSA) is 109 Å². The molecular weight excluding hydrogens is 372 g/mol. The van der Waals surface area contributed by atoms with E-state index in [9.17, 15) is 14.4 Å². The highest BCUT2D eigenvalue weighted by molar-refractivity contribution is 5.95. The fraction of sp³-hybridized carbons (Fsp3) is 0.286. The molecule has 29 heavy (non-hydrogen) atoms. The number of methoxy groups -OCH3 is 1. The summed E-state index contributed by atoms with van der Waals surface area (Å²) >= 11 is 0. The molecule has 0 fully saturated rings. The Morgan fingerprint density at radius 1 is 0.862 bits per heavy atom. The van der Waals surface area contributed by atoms with E-state index in [2.05, 4.69) is 21.3 Å². The van der Waals surface area contributed by atoms with E-state index >= 15 is 0 Å². The first-order valence-corrected chi connectivity index (χ1v) is 9.34. The summed E-state index contributed by atoms with van der Waals surface area (Å²) in [6, 6.07) is 13.7. The van der Waals surface area contributed by atoms with Crippen LogP contribution >= 0.6 is 0 Å². The van der Waals surface area contributed by atoms with Gasteiger partial charge in [0.05, 0.1) is 7.11 Å². The van der Waals surface area contributed by atoms with Gasteiger partial charge in [0.2, 0.25) is 5.91 Å². The molecule has 2 aromatic rings. The molecule has 0 radical (unpaired) electrons. The highest BCUT2D eigenvalue weighted by atomic mass is 16.5. The number of nitrogens with one attached hydrogen (secondary N) is 4. The number of hydrogen-bond donors (Lipinski definition) is 4. The molecule has 0 aromatic heterocycles. The Hall–Kier alpha value is -3.55. The molecule has 0 saturated carbocycles. The molecular formula is C21H26N4O4. The third-order valence-corrected chi connectivity index (χ3v) is 4.06. The normalized spacial score (nSPS) is 10.0. The largest absolute Gasteiger partial charge is 0.497 e. The number of rotatable bonds is 9. The second-order valence-corrected chi connectivity index (χ2v) is 6.19. The molecule has 0 saturated heterocycles. The first-order chi connectivity index (χ1) is 14.0. The minimum Gasteiger partial charge on any atom is -0.497 e. The average Bonchev–Trinajstić information content (AvgIpc) is 2.75. The van der Waals surface area contributed by atoms with Crippen molar-refractivity contribution in [2.45, 2.75) is 19.9 Å². The summed E-state index contributed by atoms with van der Waals surface area (Å²) in [4.78, 5) is 35.3. The van der Waals surface area contributed by atoms with Crippen molar-refractivity contribution in [1.82, 2.24) is 16.0 Å². The van der Waals surface area contributed by atoms with Crippen molar-refractivity contribution in [1.29, 1.82) is 0 Å². The summed E-state index contributed by atoms with van der Waals surface area (Å²) in [5.41, 5.74) is 2.07. The maximum atomic E-state index is 12.1. The molecule has 0 unspecified atom stereocenters. The lowest BCUT2D eigenvalue weighted by atomic mass is 10.2. The van der Waals surface area contributed by atoms with Gasteiger partial charge in [0.25, 0.3) is 5.91 Å². The van der Waals surface area contributed by atoms with Crippen molar-refractivity contribution in [3.05, 3.63) is 59.7 Å².